The number of hydrogen-bond acceptors (Lipinski definition) is 5. The zero-order valence-electron chi connectivity index (χ0n) is 11.0. The first-order valence-electron chi connectivity index (χ1n) is 6.68. The summed E-state index contributed by atoms with van der Waals surface area (Å²) in [7, 11) is 1.57. The largest absolute Gasteiger partial charge is 0.375 e. The number of hydrogen-bond donors (Lipinski definition) is 0. The number of imidazole rings is 1. The van der Waals surface area contributed by atoms with Gasteiger partial charge in [0.2, 0.25) is 0 Å². The van der Waals surface area contributed by atoms with E-state index in [1.54, 1.807) is 6.33 Å². The Bertz CT molecular complexity index is 576. The van der Waals surface area contributed by atoms with Crippen LogP contribution in [0.3, 0.4) is 0 Å². The summed E-state index contributed by atoms with van der Waals surface area (Å²) in [5, 5.41) is -0.0705. The van der Waals surface area contributed by atoms with E-state index in [0.717, 1.165) is 43.8 Å². The molecule has 2 aliphatic rings. The van der Waals surface area contributed by atoms with Crippen molar-refractivity contribution >= 4 is 31.5 Å². The maximum absolute atomic E-state index is 11.3. The van der Waals surface area contributed by atoms with Crippen molar-refractivity contribution in [3.05, 3.63) is 12.5 Å². The Hall–Kier alpha value is -0.240. The second kappa shape index (κ2) is 5.51. The van der Waals surface area contributed by atoms with Crippen LogP contribution in [-0.2, 0) is 13.8 Å². The molecule has 2 saturated heterocycles. The predicted molar refractivity (Wildman–Crippen MR) is 78.8 cm³/mol. The number of halogens is 1. The van der Waals surface area contributed by atoms with Gasteiger partial charge in [0.25, 0.3) is 9.05 Å². The molecule has 2 aliphatic heterocycles. The van der Waals surface area contributed by atoms with Crippen LogP contribution in [0.5, 0.6) is 0 Å². The first kappa shape index (κ1) is 14.7. The van der Waals surface area contributed by atoms with Crippen molar-refractivity contribution in [3.8, 4) is 0 Å². The SMILES string of the molecule is O=S(=O)(Cl)c1cn(C2CCOC3(CCSCC3)C2)cn1. The second-order valence-electron chi connectivity index (χ2n) is 5.39. The molecule has 112 valence electrons. The molecule has 1 atom stereocenters. The quantitative estimate of drug-likeness (QED) is 0.776. The van der Waals surface area contributed by atoms with E-state index in [9.17, 15) is 8.42 Å². The third kappa shape index (κ3) is 3.00. The normalized spacial score (nSPS) is 26.8. The topological polar surface area (TPSA) is 61.2 Å². The minimum Gasteiger partial charge on any atom is -0.375 e. The number of thioether (sulfide) groups is 1. The Labute approximate surface area is 127 Å². The molecule has 3 rings (SSSR count). The van der Waals surface area contributed by atoms with Gasteiger partial charge in [-0.2, -0.15) is 11.8 Å². The Morgan fingerprint density at radius 1 is 1.45 bits per heavy atom. The molecule has 0 N–H and O–H groups in total. The summed E-state index contributed by atoms with van der Waals surface area (Å²) in [6.45, 7) is 0.719. The first-order valence-corrected chi connectivity index (χ1v) is 10.1. The zero-order valence-corrected chi connectivity index (χ0v) is 13.4. The fourth-order valence-electron chi connectivity index (χ4n) is 2.99. The molecule has 1 aromatic heterocycles. The molecule has 0 amide bonds. The van der Waals surface area contributed by atoms with Gasteiger partial charge < -0.3 is 9.30 Å². The van der Waals surface area contributed by atoms with Gasteiger partial charge in [0.05, 0.1) is 11.9 Å². The number of ether oxygens (including phenoxy) is 1. The molecule has 0 aromatic carbocycles. The number of rotatable bonds is 2. The van der Waals surface area contributed by atoms with Gasteiger partial charge in [-0.1, -0.05) is 0 Å². The fourth-order valence-corrected chi connectivity index (χ4v) is 4.89. The van der Waals surface area contributed by atoms with Crippen LogP contribution in [0, 0.1) is 0 Å². The summed E-state index contributed by atoms with van der Waals surface area (Å²) in [5.41, 5.74) is -0.0293. The highest BCUT2D eigenvalue weighted by atomic mass is 35.7. The summed E-state index contributed by atoms with van der Waals surface area (Å²) in [6.07, 6.45) is 7.05. The molecule has 1 unspecified atom stereocenters. The van der Waals surface area contributed by atoms with Crippen LogP contribution in [0.15, 0.2) is 17.6 Å². The molecule has 0 bridgehead atoms. The standard InChI is InChI=1S/C12H17ClN2O3S2/c13-20(16,17)11-8-15(9-14-11)10-1-4-18-12(7-10)2-5-19-6-3-12/h8-10H,1-7H2. The molecule has 2 fully saturated rings. The minimum absolute atomic E-state index is 0.0293. The second-order valence-corrected chi connectivity index (χ2v) is 9.12. The minimum atomic E-state index is -3.75. The summed E-state index contributed by atoms with van der Waals surface area (Å²) >= 11 is 1.97. The lowest BCUT2D eigenvalue weighted by atomic mass is 9.85. The molecule has 1 spiro atoms. The highest BCUT2D eigenvalue weighted by Gasteiger charge is 2.39. The maximum Gasteiger partial charge on any atom is 0.280 e. The van der Waals surface area contributed by atoms with Gasteiger partial charge in [-0.15, -0.1) is 0 Å². The van der Waals surface area contributed by atoms with Gasteiger partial charge in [0, 0.05) is 29.5 Å². The van der Waals surface area contributed by atoms with Crippen molar-refractivity contribution in [1.82, 2.24) is 9.55 Å². The Kier molecular flexibility index (Phi) is 4.05. The molecule has 5 nitrogen and oxygen atoms in total. The average Bonchev–Trinajstić information content (AvgIpc) is 2.89. The molecule has 20 heavy (non-hydrogen) atoms. The molecule has 0 aliphatic carbocycles. The maximum atomic E-state index is 11.3. The molecule has 0 radical (unpaired) electrons. The van der Waals surface area contributed by atoms with Gasteiger partial charge in [-0.05, 0) is 37.2 Å². The van der Waals surface area contributed by atoms with E-state index in [4.69, 9.17) is 15.4 Å². The van der Waals surface area contributed by atoms with E-state index in [1.165, 1.54) is 6.20 Å². The summed E-state index contributed by atoms with van der Waals surface area (Å²) < 4.78 is 30.5. The monoisotopic (exact) mass is 336 g/mol. The summed E-state index contributed by atoms with van der Waals surface area (Å²) in [4.78, 5) is 3.89. The lowest BCUT2D eigenvalue weighted by molar-refractivity contribution is -0.0988. The molecular formula is C12H17ClN2O3S2. The Balaban J connectivity index is 1.78. The van der Waals surface area contributed by atoms with Crippen LogP contribution in [-0.4, -0.2) is 41.7 Å². The van der Waals surface area contributed by atoms with E-state index < -0.39 is 9.05 Å². The van der Waals surface area contributed by atoms with Crippen LogP contribution in [0.1, 0.15) is 31.7 Å². The molecule has 3 heterocycles. The van der Waals surface area contributed by atoms with Gasteiger partial charge in [-0.3, -0.25) is 0 Å². The summed E-state index contributed by atoms with van der Waals surface area (Å²) in [6, 6.07) is 0.242. The average molecular weight is 337 g/mol. The highest BCUT2D eigenvalue weighted by Crippen LogP contribution is 2.41. The van der Waals surface area contributed by atoms with E-state index in [0.29, 0.717) is 0 Å². The van der Waals surface area contributed by atoms with E-state index in [-0.39, 0.29) is 16.7 Å². The molecular weight excluding hydrogens is 320 g/mol. The third-order valence-electron chi connectivity index (χ3n) is 4.12. The third-order valence-corrected chi connectivity index (χ3v) is 6.29. The van der Waals surface area contributed by atoms with Crippen LogP contribution < -0.4 is 0 Å². The molecule has 1 aromatic rings. The molecule has 8 heteroatoms. The predicted octanol–water partition coefficient (Wildman–Crippen LogP) is 2.43. The zero-order chi connectivity index (χ0) is 14.2. The van der Waals surface area contributed by atoms with Gasteiger partial charge in [0.1, 0.15) is 0 Å². The summed E-state index contributed by atoms with van der Waals surface area (Å²) in [5.74, 6) is 2.27. The number of nitrogens with zero attached hydrogens (tertiary/aromatic N) is 2. The van der Waals surface area contributed by atoms with Gasteiger partial charge in [0.15, 0.2) is 5.03 Å². The number of aromatic nitrogens is 2. The van der Waals surface area contributed by atoms with Gasteiger partial charge in [-0.25, -0.2) is 13.4 Å². The van der Waals surface area contributed by atoms with Crippen molar-refractivity contribution in [2.24, 2.45) is 0 Å². The van der Waals surface area contributed by atoms with E-state index in [1.807, 2.05) is 16.3 Å². The van der Waals surface area contributed by atoms with Crippen LogP contribution in [0.2, 0.25) is 0 Å². The van der Waals surface area contributed by atoms with Crippen LogP contribution in [0.4, 0.5) is 0 Å². The Morgan fingerprint density at radius 3 is 2.85 bits per heavy atom. The lowest BCUT2D eigenvalue weighted by Gasteiger charge is -2.43. The van der Waals surface area contributed by atoms with Gasteiger partial charge >= 0.3 is 0 Å². The Morgan fingerprint density at radius 2 is 2.20 bits per heavy atom. The smallest absolute Gasteiger partial charge is 0.280 e. The lowest BCUT2D eigenvalue weighted by Crippen LogP contribution is -2.43. The first-order chi connectivity index (χ1) is 9.49. The van der Waals surface area contributed by atoms with E-state index >= 15 is 0 Å². The van der Waals surface area contributed by atoms with Crippen molar-refractivity contribution in [2.75, 3.05) is 18.1 Å². The van der Waals surface area contributed by atoms with Crippen molar-refractivity contribution in [1.29, 1.82) is 0 Å². The van der Waals surface area contributed by atoms with E-state index in [2.05, 4.69) is 4.98 Å². The molecule has 0 saturated carbocycles. The van der Waals surface area contributed by atoms with Crippen molar-refractivity contribution in [2.45, 2.75) is 42.4 Å². The highest BCUT2D eigenvalue weighted by molar-refractivity contribution is 8.13. The van der Waals surface area contributed by atoms with Crippen LogP contribution >= 0.6 is 22.4 Å². The fraction of sp³-hybridized carbons (Fsp3) is 0.750. The van der Waals surface area contributed by atoms with Crippen molar-refractivity contribution in [3.63, 3.8) is 0 Å². The van der Waals surface area contributed by atoms with Crippen molar-refractivity contribution < 1.29 is 13.2 Å². The van der Waals surface area contributed by atoms with Crippen LogP contribution in [0.25, 0.3) is 0 Å².